The monoisotopic (exact) mass is 437 g/mol. The molecule has 1 atom stereocenters. The van der Waals surface area contributed by atoms with Crippen molar-refractivity contribution in [2.24, 2.45) is 10.9 Å². The SMILES string of the molecule is CCNC(=NCC1CCN(S(=O)(=O)C(F)(F)F)CC1)N1CCC(N2CC=CC2)C1. The highest BCUT2D eigenvalue weighted by Crippen LogP contribution is 2.30. The fraction of sp³-hybridized carbons (Fsp3) is 0.833. The zero-order valence-corrected chi connectivity index (χ0v) is 17.6. The zero-order chi connectivity index (χ0) is 21.1. The highest BCUT2D eigenvalue weighted by molar-refractivity contribution is 7.90. The van der Waals surface area contributed by atoms with Crippen molar-refractivity contribution in [2.75, 3.05) is 52.4 Å². The second-order valence-corrected chi connectivity index (χ2v) is 9.73. The molecule has 7 nitrogen and oxygen atoms in total. The Hall–Kier alpha value is -1.33. The highest BCUT2D eigenvalue weighted by Gasteiger charge is 2.50. The summed E-state index contributed by atoms with van der Waals surface area (Å²) in [5, 5.41) is 3.31. The van der Waals surface area contributed by atoms with Crippen LogP contribution in [0.15, 0.2) is 17.1 Å². The Labute approximate surface area is 170 Å². The molecule has 1 N–H and O–H groups in total. The molecule has 2 saturated heterocycles. The Balaban J connectivity index is 1.52. The molecule has 0 amide bonds. The largest absolute Gasteiger partial charge is 0.511 e. The summed E-state index contributed by atoms with van der Waals surface area (Å²) in [5.74, 6) is 0.928. The first kappa shape index (κ1) is 22.4. The molecule has 0 aliphatic carbocycles. The van der Waals surface area contributed by atoms with E-state index in [0.29, 0.717) is 29.7 Å². The lowest BCUT2D eigenvalue weighted by atomic mass is 9.98. The van der Waals surface area contributed by atoms with Crippen molar-refractivity contribution in [2.45, 2.75) is 37.7 Å². The third-order valence-corrected chi connectivity index (χ3v) is 7.50. The number of nitrogens with zero attached hydrogens (tertiary/aromatic N) is 4. The van der Waals surface area contributed by atoms with Gasteiger partial charge in [-0.2, -0.15) is 17.5 Å². The number of rotatable bonds is 5. The van der Waals surface area contributed by atoms with Gasteiger partial charge in [-0.3, -0.25) is 9.89 Å². The molecule has 0 saturated carbocycles. The summed E-state index contributed by atoms with van der Waals surface area (Å²) in [5.41, 5.74) is -5.23. The molecule has 166 valence electrons. The second-order valence-electron chi connectivity index (χ2n) is 7.80. The average Bonchev–Trinajstić information content (AvgIpc) is 3.36. The predicted octanol–water partition coefficient (Wildman–Crippen LogP) is 1.46. The van der Waals surface area contributed by atoms with Crippen LogP contribution < -0.4 is 5.32 Å². The molecule has 0 aromatic rings. The number of halogens is 3. The zero-order valence-electron chi connectivity index (χ0n) is 16.7. The van der Waals surface area contributed by atoms with E-state index in [-0.39, 0.29) is 19.0 Å². The maximum absolute atomic E-state index is 12.7. The molecule has 3 rings (SSSR count). The van der Waals surface area contributed by atoms with Gasteiger partial charge in [0.1, 0.15) is 0 Å². The molecular weight excluding hydrogens is 407 g/mol. The summed E-state index contributed by atoms with van der Waals surface area (Å²) in [6.07, 6.45) is 6.24. The fourth-order valence-corrected chi connectivity index (χ4v) is 5.13. The average molecular weight is 438 g/mol. The van der Waals surface area contributed by atoms with Gasteiger partial charge >= 0.3 is 15.5 Å². The van der Waals surface area contributed by atoms with Crippen LogP contribution in [-0.4, -0.2) is 92.4 Å². The molecule has 3 aliphatic rings. The molecule has 11 heteroatoms. The molecule has 0 bridgehead atoms. The Bertz CT molecular complexity index is 709. The minimum absolute atomic E-state index is 0.0875. The van der Waals surface area contributed by atoms with Crippen LogP contribution in [0.5, 0.6) is 0 Å². The van der Waals surface area contributed by atoms with Gasteiger partial charge in [-0.1, -0.05) is 12.2 Å². The Morgan fingerprint density at radius 1 is 1.14 bits per heavy atom. The van der Waals surface area contributed by atoms with E-state index in [1.165, 1.54) is 0 Å². The topological polar surface area (TPSA) is 68.2 Å². The molecule has 1 unspecified atom stereocenters. The van der Waals surface area contributed by atoms with Gasteiger partial charge in [0, 0.05) is 58.4 Å². The van der Waals surface area contributed by atoms with Gasteiger partial charge < -0.3 is 10.2 Å². The smallest absolute Gasteiger partial charge is 0.357 e. The highest BCUT2D eigenvalue weighted by atomic mass is 32.2. The molecule has 0 radical (unpaired) electrons. The first-order valence-electron chi connectivity index (χ1n) is 10.2. The molecule has 29 heavy (non-hydrogen) atoms. The number of hydrogen-bond donors (Lipinski definition) is 1. The number of alkyl halides is 3. The number of aliphatic imine (C=N–C) groups is 1. The maximum Gasteiger partial charge on any atom is 0.511 e. The van der Waals surface area contributed by atoms with Crippen LogP contribution in [0.3, 0.4) is 0 Å². The summed E-state index contributed by atoms with van der Waals surface area (Å²) >= 11 is 0. The van der Waals surface area contributed by atoms with E-state index >= 15 is 0 Å². The van der Waals surface area contributed by atoms with Crippen molar-refractivity contribution >= 4 is 16.0 Å². The van der Waals surface area contributed by atoms with Crippen LogP contribution in [0.4, 0.5) is 13.2 Å². The molecule has 3 heterocycles. The van der Waals surface area contributed by atoms with E-state index < -0.39 is 15.5 Å². The van der Waals surface area contributed by atoms with Crippen LogP contribution in [0, 0.1) is 5.92 Å². The molecule has 3 aliphatic heterocycles. The quantitative estimate of drug-likeness (QED) is 0.401. The Kier molecular flexibility index (Phi) is 7.10. The van der Waals surface area contributed by atoms with Gasteiger partial charge in [-0.25, -0.2) is 8.42 Å². The van der Waals surface area contributed by atoms with E-state index in [1.54, 1.807) is 0 Å². The third kappa shape index (κ3) is 5.24. The van der Waals surface area contributed by atoms with E-state index in [2.05, 4.69) is 27.3 Å². The van der Waals surface area contributed by atoms with Crippen molar-refractivity contribution in [3.05, 3.63) is 12.2 Å². The van der Waals surface area contributed by atoms with Crippen LogP contribution >= 0.6 is 0 Å². The Morgan fingerprint density at radius 2 is 1.79 bits per heavy atom. The summed E-state index contributed by atoms with van der Waals surface area (Å²) < 4.78 is 61.7. The van der Waals surface area contributed by atoms with Gasteiger partial charge in [0.25, 0.3) is 0 Å². The normalized spacial score (nSPS) is 25.9. The van der Waals surface area contributed by atoms with E-state index in [4.69, 9.17) is 4.99 Å². The number of nitrogens with one attached hydrogen (secondary N) is 1. The van der Waals surface area contributed by atoms with Crippen LogP contribution in [0.25, 0.3) is 0 Å². The summed E-state index contributed by atoms with van der Waals surface area (Å²) in [6, 6.07) is 0.504. The van der Waals surface area contributed by atoms with Crippen molar-refractivity contribution in [3.63, 3.8) is 0 Å². The van der Waals surface area contributed by atoms with Gasteiger partial charge in [0.2, 0.25) is 0 Å². The third-order valence-electron chi connectivity index (χ3n) is 5.87. The predicted molar refractivity (Wildman–Crippen MR) is 106 cm³/mol. The number of hydrogen-bond acceptors (Lipinski definition) is 4. The van der Waals surface area contributed by atoms with E-state index in [1.807, 2.05) is 6.92 Å². The summed E-state index contributed by atoms with van der Waals surface area (Å²) in [7, 11) is -5.22. The lowest BCUT2D eigenvalue weighted by Gasteiger charge is -2.31. The van der Waals surface area contributed by atoms with E-state index in [0.717, 1.165) is 45.1 Å². The number of piperidine rings is 1. The van der Waals surface area contributed by atoms with Crippen molar-refractivity contribution in [1.29, 1.82) is 0 Å². The minimum Gasteiger partial charge on any atom is -0.357 e. The molecule has 0 aromatic carbocycles. The second kappa shape index (κ2) is 9.22. The maximum atomic E-state index is 12.7. The van der Waals surface area contributed by atoms with Crippen LogP contribution in [0.2, 0.25) is 0 Å². The first-order valence-corrected chi connectivity index (χ1v) is 11.6. The van der Waals surface area contributed by atoms with Crippen molar-refractivity contribution < 1.29 is 21.6 Å². The van der Waals surface area contributed by atoms with Crippen LogP contribution in [0.1, 0.15) is 26.2 Å². The summed E-state index contributed by atoms with van der Waals surface area (Å²) in [4.78, 5) is 9.41. The van der Waals surface area contributed by atoms with Gasteiger partial charge in [-0.05, 0) is 32.1 Å². The van der Waals surface area contributed by atoms with Gasteiger partial charge in [0.05, 0.1) is 0 Å². The molecule has 2 fully saturated rings. The van der Waals surface area contributed by atoms with Crippen molar-refractivity contribution in [1.82, 2.24) is 19.4 Å². The Morgan fingerprint density at radius 3 is 2.38 bits per heavy atom. The van der Waals surface area contributed by atoms with E-state index in [9.17, 15) is 21.6 Å². The standard InChI is InChI=1S/C18H30F3N5O2S/c1-2-22-17(25-10-7-16(14-25)24-8-3-4-9-24)23-13-15-5-11-26(12-6-15)29(27,28)18(19,20)21/h3-4,15-16H,2,5-14H2,1H3,(H,22,23). The lowest BCUT2D eigenvalue weighted by molar-refractivity contribution is -0.0496. The number of likely N-dealkylation sites (tertiary alicyclic amines) is 1. The van der Waals surface area contributed by atoms with Gasteiger partial charge in [0.15, 0.2) is 5.96 Å². The molecule has 0 spiro atoms. The van der Waals surface area contributed by atoms with Crippen molar-refractivity contribution in [3.8, 4) is 0 Å². The lowest BCUT2D eigenvalue weighted by Crippen LogP contribution is -2.45. The minimum atomic E-state index is -5.23. The first-order chi connectivity index (χ1) is 13.7. The fourth-order valence-electron chi connectivity index (χ4n) is 4.14. The van der Waals surface area contributed by atoms with Crippen LogP contribution in [-0.2, 0) is 10.0 Å². The molecular formula is C18H30F3N5O2S. The van der Waals surface area contributed by atoms with Gasteiger partial charge in [-0.15, -0.1) is 0 Å². The number of sulfonamides is 1. The number of guanidine groups is 1. The summed E-state index contributed by atoms with van der Waals surface area (Å²) in [6.45, 7) is 6.86. The molecule has 0 aromatic heterocycles.